The highest BCUT2D eigenvalue weighted by molar-refractivity contribution is 7.26. The van der Waals surface area contributed by atoms with Crippen molar-refractivity contribution in [3.63, 3.8) is 0 Å². The highest BCUT2D eigenvalue weighted by Crippen LogP contribution is 2.42. The summed E-state index contributed by atoms with van der Waals surface area (Å²) in [4.78, 5) is 15.5. The molecular weight excluding hydrogens is 615 g/mol. The van der Waals surface area contributed by atoms with Crippen molar-refractivity contribution in [1.82, 2.24) is 15.0 Å². The van der Waals surface area contributed by atoms with E-state index in [1.54, 1.807) is 0 Å². The van der Waals surface area contributed by atoms with Gasteiger partial charge in [0.2, 0.25) is 0 Å². The Labute approximate surface area is 288 Å². The van der Waals surface area contributed by atoms with E-state index in [1.807, 2.05) is 23.5 Å². The van der Waals surface area contributed by atoms with Crippen molar-refractivity contribution in [2.45, 2.75) is 0 Å². The van der Waals surface area contributed by atoms with Crippen molar-refractivity contribution in [3.8, 4) is 67.5 Å². The van der Waals surface area contributed by atoms with Crippen LogP contribution in [0.25, 0.3) is 87.7 Å². The molecule has 0 amide bonds. The molecule has 49 heavy (non-hydrogen) atoms. The summed E-state index contributed by atoms with van der Waals surface area (Å²) >= 11 is 1.83. The zero-order valence-electron chi connectivity index (χ0n) is 26.5. The zero-order chi connectivity index (χ0) is 32.6. The van der Waals surface area contributed by atoms with Crippen molar-refractivity contribution in [1.29, 1.82) is 0 Å². The quantitative estimate of drug-likeness (QED) is 0.181. The first-order valence-corrected chi connectivity index (χ1v) is 17.2. The molecule has 0 bridgehead atoms. The van der Waals surface area contributed by atoms with Gasteiger partial charge in [0.1, 0.15) is 0 Å². The molecule has 0 saturated heterocycles. The van der Waals surface area contributed by atoms with Gasteiger partial charge in [-0.2, -0.15) is 0 Å². The van der Waals surface area contributed by atoms with Gasteiger partial charge >= 0.3 is 0 Å². The molecule has 0 fully saturated rings. The van der Waals surface area contributed by atoms with Crippen molar-refractivity contribution in [2.75, 3.05) is 0 Å². The summed E-state index contributed by atoms with van der Waals surface area (Å²) in [6.45, 7) is 0. The lowest BCUT2D eigenvalue weighted by Gasteiger charge is -2.13. The lowest BCUT2D eigenvalue weighted by atomic mass is 9.97. The highest BCUT2D eigenvalue weighted by atomic mass is 32.1. The van der Waals surface area contributed by atoms with E-state index >= 15 is 0 Å². The van der Waals surface area contributed by atoms with Gasteiger partial charge in [0, 0.05) is 42.4 Å². The minimum Gasteiger partial charge on any atom is -0.208 e. The Kier molecular flexibility index (Phi) is 7.34. The van der Waals surface area contributed by atoms with Gasteiger partial charge in [-0.05, 0) is 39.9 Å². The number of nitrogens with zero attached hydrogens (tertiary/aromatic N) is 3. The van der Waals surface area contributed by atoms with E-state index in [4.69, 9.17) is 15.0 Å². The molecule has 0 spiro atoms. The van der Waals surface area contributed by atoms with Crippen LogP contribution in [0.2, 0.25) is 0 Å². The number of thiophene rings is 1. The Balaban J connectivity index is 1.23. The molecule has 7 aromatic carbocycles. The number of benzene rings is 7. The second-order valence-corrected chi connectivity index (χ2v) is 13.1. The predicted octanol–water partition coefficient (Wildman–Crippen LogP) is 12.2. The highest BCUT2D eigenvalue weighted by Gasteiger charge is 2.18. The second kappa shape index (κ2) is 12.4. The fraction of sp³-hybridized carbons (Fsp3) is 0. The van der Waals surface area contributed by atoms with Crippen LogP contribution in [0, 0.1) is 0 Å². The SMILES string of the molecule is c1ccc(-c2ccc(-c3nc(-c4cccc(-c5ccccc5)c4)nc(-c4ccccc4-c4cccc5c4sc4ccccc45)n3)cc2)cc1. The fourth-order valence-corrected chi connectivity index (χ4v) is 7.77. The van der Waals surface area contributed by atoms with Gasteiger partial charge in [-0.3, -0.25) is 0 Å². The fourth-order valence-electron chi connectivity index (χ4n) is 6.54. The smallest absolute Gasteiger partial charge is 0.164 e. The summed E-state index contributed by atoms with van der Waals surface area (Å²) in [6.07, 6.45) is 0. The molecular formula is C45H29N3S. The zero-order valence-corrected chi connectivity index (χ0v) is 27.3. The molecule has 4 heteroatoms. The molecule has 2 heterocycles. The molecule has 0 unspecified atom stereocenters. The summed E-state index contributed by atoms with van der Waals surface area (Å²) in [5.41, 5.74) is 9.71. The molecule has 0 aliphatic carbocycles. The summed E-state index contributed by atoms with van der Waals surface area (Å²) in [6, 6.07) is 61.5. The Morgan fingerprint density at radius 3 is 1.57 bits per heavy atom. The van der Waals surface area contributed by atoms with E-state index in [1.165, 1.54) is 31.3 Å². The molecule has 0 atom stereocenters. The molecule has 0 aliphatic heterocycles. The van der Waals surface area contributed by atoms with Gasteiger partial charge in [0.15, 0.2) is 17.5 Å². The molecule has 0 radical (unpaired) electrons. The van der Waals surface area contributed by atoms with Crippen LogP contribution in [0.4, 0.5) is 0 Å². The monoisotopic (exact) mass is 643 g/mol. The molecule has 0 saturated carbocycles. The lowest BCUT2D eigenvalue weighted by Crippen LogP contribution is -2.01. The third kappa shape index (κ3) is 5.48. The Morgan fingerprint density at radius 1 is 0.306 bits per heavy atom. The van der Waals surface area contributed by atoms with E-state index in [2.05, 4.69) is 164 Å². The summed E-state index contributed by atoms with van der Waals surface area (Å²) < 4.78 is 2.54. The van der Waals surface area contributed by atoms with Crippen LogP contribution >= 0.6 is 11.3 Å². The van der Waals surface area contributed by atoms with Gasteiger partial charge in [0.25, 0.3) is 0 Å². The molecule has 9 aromatic rings. The predicted molar refractivity (Wildman–Crippen MR) is 205 cm³/mol. The van der Waals surface area contributed by atoms with Crippen LogP contribution < -0.4 is 0 Å². The third-order valence-corrected chi connectivity index (χ3v) is 10.2. The van der Waals surface area contributed by atoms with E-state index in [0.29, 0.717) is 17.5 Å². The molecule has 230 valence electrons. The maximum atomic E-state index is 5.19. The Hall–Kier alpha value is -6.23. The molecule has 2 aromatic heterocycles. The number of aromatic nitrogens is 3. The normalized spacial score (nSPS) is 11.3. The maximum absolute atomic E-state index is 5.19. The van der Waals surface area contributed by atoms with Crippen LogP contribution in [0.5, 0.6) is 0 Å². The van der Waals surface area contributed by atoms with E-state index < -0.39 is 0 Å². The first-order chi connectivity index (χ1) is 24.3. The Bertz CT molecular complexity index is 2590. The largest absolute Gasteiger partial charge is 0.208 e. The number of hydrogen-bond donors (Lipinski definition) is 0. The van der Waals surface area contributed by atoms with Gasteiger partial charge in [-0.25, -0.2) is 15.0 Å². The summed E-state index contributed by atoms with van der Waals surface area (Å²) in [5, 5.41) is 2.55. The minimum absolute atomic E-state index is 0.639. The number of hydrogen-bond acceptors (Lipinski definition) is 4. The van der Waals surface area contributed by atoms with Gasteiger partial charge in [0.05, 0.1) is 0 Å². The van der Waals surface area contributed by atoms with Gasteiger partial charge in [-0.1, -0.05) is 164 Å². The minimum atomic E-state index is 0.639. The van der Waals surface area contributed by atoms with Crippen LogP contribution in [0.3, 0.4) is 0 Å². The van der Waals surface area contributed by atoms with Crippen LogP contribution in [0.1, 0.15) is 0 Å². The standard InChI is InChI=1S/C45H29N3S/c1-3-13-30(14-4-1)32-25-27-33(28-26-32)43-46-44(35-18-11-17-34(29-35)31-15-5-2-6-16-31)48-45(47-43)40-21-8-7-19-36(40)38-22-12-23-39-37-20-9-10-24-41(37)49-42(38)39/h1-29H. The molecule has 0 aliphatic rings. The first kappa shape index (κ1) is 29.0. The van der Waals surface area contributed by atoms with Crippen LogP contribution in [0.15, 0.2) is 176 Å². The van der Waals surface area contributed by atoms with Crippen molar-refractivity contribution in [2.24, 2.45) is 0 Å². The summed E-state index contributed by atoms with van der Waals surface area (Å²) in [5.74, 6) is 1.92. The van der Waals surface area contributed by atoms with Crippen molar-refractivity contribution >= 4 is 31.5 Å². The maximum Gasteiger partial charge on any atom is 0.164 e. The topological polar surface area (TPSA) is 38.7 Å². The van der Waals surface area contributed by atoms with Crippen LogP contribution in [-0.2, 0) is 0 Å². The van der Waals surface area contributed by atoms with Gasteiger partial charge in [-0.15, -0.1) is 11.3 Å². The van der Waals surface area contributed by atoms with Crippen LogP contribution in [-0.4, -0.2) is 15.0 Å². The number of fused-ring (bicyclic) bond motifs is 3. The van der Waals surface area contributed by atoms with Gasteiger partial charge < -0.3 is 0 Å². The van der Waals surface area contributed by atoms with E-state index in [-0.39, 0.29) is 0 Å². The average molecular weight is 644 g/mol. The molecule has 0 N–H and O–H groups in total. The van der Waals surface area contributed by atoms with Crippen molar-refractivity contribution < 1.29 is 0 Å². The number of rotatable bonds is 6. The summed E-state index contributed by atoms with van der Waals surface area (Å²) in [7, 11) is 0. The van der Waals surface area contributed by atoms with E-state index in [9.17, 15) is 0 Å². The first-order valence-electron chi connectivity index (χ1n) is 16.4. The molecule has 9 rings (SSSR count). The van der Waals surface area contributed by atoms with Crippen molar-refractivity contribution in [3.05, 3.63) is 176 Å². The second-order valence-electron chi connectivity index (χ2n) is 12.0. The molecule has 3 nitrogen and oxygen atoms in total. The lowest BCUT2D eigenvalue weighted by molar-refractivity contribution is 1.07. The Morgan fingerprint density at radius 2 is 0.796 bits per heavy atom. The van der Waals surface area contributed by atoms with E-state index in [0.717, 1.165) is 38.9 Å². The third-order valence-electron chi connectivity index (χ3n) is 8.98. The average Bonchev–Trinajstić information content (AvgIpc) is 3.58.